The van der Waals surface area contributed by atoms with Crippen LogP contribution in [-0.2, 0) is 11.3 Å². The molecule has 0 unspecified atom stereocenters. The summed E-state index contributed by atoms with van der Waals surface area (Å²) in [4.78, 5) is 18.8. The largest absolute Gasteiger partial charge is 0.286 e. The lowest BCUT2D eigenvalue weighted by molar-refractivity contribution is -0.119. The Morgan fingerprint density at radius 2 is 2.30 bits per heavy atom. The van der Waals surface area contributed by atoms with Crippen molar-refractivity contribution in [1.82, 2.24) is 14.8 Å². The highest BCUT2D eigenvalue weighted by Gasteiger charge is 2.35. The van der Waals surface area contributed by atoms with Crippen molar-refractivity contribution in [3.05, 3.63) is 42.5 Å². The number of thiazole rings is 1. The Bertz CT molecular complexity index is 841. The van der Waals surface area contributed by atoms with Crippen molar-refractivity contribution in [1.29, 1.82) is 0 Å². The van der Waals surface area contributed by atoms with Crippen LogP contribution in [0.15, 0.2) is 36.7 Å². The molecule has 3 aromatic rings. The summed E-state index contributed by atoms with van der Waals surface area (Å²) in [7, 11) is 0. The third-order valence-corrected chi connectivity index (χ3v) is 4.92. The second-order valence-electron chi connectivity index (χ2n) is 5.64. The summed E-state index contributed by atoms with van der Waals surface area (Å²) in [6.07, 6.45) is 5.47. The minimum atomic E-state index is -0.288. The average molecular weight is 330 g/mol. The molecule has 0 atom stereocenters. The smallest absolute Gasteiger partial charge is 0.231 e. The Balaban J connectivity index is 1.63. The van der Waals surface area contributed by atoms with Crippen LogP contribution < -0.4 is 4.90 Å². The molecule has 2 heterocycles. The summed E-state index contributed by atoms with van der Waals surface area (Å²) in [6, 6.07) is 6.36. The van der Waals surface area contributed by atoms with Crippen LogP contribution in [0.3, 0.4) is 0 Å². The van der Waals surface area contributed by atoms with Crippen LogP contribution in [0.4, 0.5) is 9.52 Å². The van der Waals surface area contributed by atoms with Crippen LogP contribution in [-0.4, -0.2) is 27.2 Å². The van der Waals surface area contributed by atoms with Gasteiger partial charge in [-0.05, 0) is 37.1 Å². The first-order valence-electron chi connectivity index (χ1n) is 7.55. The number of rotatable bonds is 5. The number of amides is 1. The fourth-order valence-corrected chi connectivity index (χ4v) is 3.51. The van der Waals surface area contributed by atoms with E-state index in [1.807, 2.05) is 12.3 Å². The summed E-state index contributed by atoms with van der Waals surface area (Å²) in [5, 5.41) is 4.80. The van der Waals surface area contributed by atoms with E-state index in [0.29, 0.717) is 18.2 Å². The number of hydrogen-bond acceptors (Lipinski definition) is 4. The zero-order valence-corrected chi connectivity index (χ0v) is 13.2. The van der Waals surface area contributed by atoms with E-state index in [1.54, 1.807) is 21.8 Å². The number of nitrogens with zero attached hydrogens (tertiary/aromatic N) is 4. The third-order valence-electron chi connectivity index (χ3n) is 3.87. The molecule has 1 aromatic carbocycles. The van der Waals surface area contributed by atoms with Crippen LogP contribution in [0, 0.1) is 11.7 Å². The Hall–Kier alpha value is -2.28. The number of aromatic nitrogens is 3. The third kappa shape index (κ3) is 2.96. The summed E-state index contributed by atoms with van der Waals surface area (Å²) >= 11 is 1.35. The second kappa shape index (κ2) is 5.73. The number of benzene rings is 1. The van der Waals surface area contributed by atoms with Gasteiger partial charge in [0.2, 0.25) is 5.91 Å². The number of hydrogen-bond donors (Lipinski definition) is 0. The highest BCUT2D eigenvalue weighted by atomic mass is 32.1. The van der Waals surface area contributed by atoms with E-state index >= 15 is 0 Å². The Morgan fingerprint density at radius 3 is 3.04 bits per heavy atom. The summed E-state index contributed by atoms with van der Waals surface area (Å²) in [5.41, 5.74) is 0.721. The number of fused-ring (bicyclic) bond motifs is 1. The van der Waals surface area contributed by atoms with Gasteiger partial charge >= 0.3 is 0 Å². The van der Waals surface area contributed by atoms with Gasteiger partial charge in [0.1, 0.15) is 5.82 Å². The molecule has 7 heteroatoms. The van der Waals surface area contributed by atoms with E-state index in [0.717, 1.165) is 23.1 Å². The Labute approximate surface area is 136 Å². The molecular weight excluding hydrogens is 315 g/mol. The predicted octanol–water partition coefficient (Wildman–Crippen LogP) is 3.08. The maximum absolute atomic E-state index is 13.4. The van der Waals surface area contributed by atoms with Gasteiger partial charge in [-0.1, -0.05) is 11.3 Å². The second-order valence-corrected chi connectivity index (χ2v) is 6.65. The predicted molar refractivity (Wildman–Crippen MR) is 86.9 cm³/mol. The highest BCUT2D eigenvalue weighted by Crippen LogP contribution is 2.35. The van der Waals surface area contributed by atoms with Crippen LogP contribution >= 0.6 is 11.3 Å². The SMILES string of the molecule is O=C(C1CC1)N(CCn1cccn1)c1nc2ccc(F)cc2s1. The molecule has 0 N–H and O–H groups in total. The van der Waals surface area contributed by atoms with E-state index in [4.69, 9.17) is 0 Å². The number of carbonyl (C=O) groups excluding carboxylic acids is 1. The van der Waals surface area contributed by atoms with Gasteiger partial charge in [-0.25, -0.2) is 9.37 Å². The normalized spacial score (nSPS) is 14.3. The zero-order chi connectivity index (χ0) is 15.8. The molecule has 118 valence electrons. The van der Waals surface area contributed by atoms with Gasteiger partial charge in [-0.3, -0.25) is 14.4 Å². The first-order chi connectivity index (χ1) is 11.2. The van der Waals surface area contributed by atoms with Gasteiger partial charge < -0.3 is 0 Å². The van der Waals surface area contributed by atoms with E-state index in [1.165, 1.54) is 23.5 Å². The topological polar surface area (TPSA) is 51.0 Å². The highest BCUT2D eigenvalue weighted by molar-refractivity contribution is 7.22. The van der Waals surface area contributed by atoms with Crippen molar-refractivity contribution in [3.63, 3.8) is 0 Å². The Morgan fingerprint density at radius 1 is 1.43 bits per heavy atom. The van der Waals surface area contributed by atoms with Gasteiger partial charge in [0.15, 0.2) is 5.13 Å². The van der Waals surface area contributed by atoms with E-state index in [2.05, 4.69) is 10.1 Å². The molecule has 0 spiro atoms. The lowest BCUT2D eigenvalue weighted by atomic mass is 10.3. The summed E-state index contributed by atoms with van der Waals surface area (Å²) in [5.74, 6) is -0.0719. The van der Waals surface area contributed by atoms with E-state index in [9.17, 15) is 9.18 Å². The van der Waals surface area contributed by atoms with E-state index < -0.39 is 0 Å². The Kier molecular flexibility index (Phi) is 3.57. The quantitative estimate of drug-likeness (QED) is 0.722. The molecule has 1 fully saturated rings. The van der Waals surface area contributed by atoms with Gasteiger partial charge in [-0.15, -0.1) is 0 Å². The van der Waals surface area contributed by atoms with Crippen LogP contribution in [0.5, 0.6) is 0 Å². The average Bonchev–Trinajstić information content (AvgIpc) is 3.10. The summed E-state index contributed by atoms with van der Waals surface area (Å²) < 4.78 is 15.9. The van der Waals surface area contributed by atoms with Crippen molar-refractivity contribution in [2.75, 3.05) is 11.4 Å². The van der Waals surface area contributed by atoms with Gasteiger partial charge in [-0.2, -0.15) is 5.10 Å². The maximum atomic E-state index is 13.4. The molecule has 2 aromatic heterocycles. The fraction of sp³-hybridized carbons (Fsp3) is 0.312. The minimum Gasteiger partial charge on any atom is -0.286 e. The summed E-state index contributed by atoms with van der Waals surface area (Å²) in [6.45, 7) is 1.12. The number of carbonyl (C=O) groups is 1. The minimum absolute atomic E-state index is 0.108. The molecule has 0 bridgehead atoms. The molecule has 1 saturated carbocycles. The first-order valence-corrected chi connectivity index (χ1v) is 8.37. The molecule has 5 nitrogen and oxygen atoms in total. The number of halogens is 1. The standard InChI is InChI=1S/C16H15FN4OS/c17-12-4-5-13-14(10-12)23-16(19-13)21(15(22)11-2-3-11)9-8-20-7-1-6-18-20/h1,4-7,10-11H,2-3,8-9H2. The van der Waals surface area contributed by atoms with Crippen molar-refractivity contribution >= 4 is 32.6 Å². The molecule has 0 aliphatic heterocycles. The van der Waals surface area contributed by atoms with Crippen molar-refractivity contribution in [2.24, 2.45) is 5.92 Å². The first kappa shape index (κ1) is 14.3. The fourth-order valence-electron chi connectivity index (χ4n) is 2.49. The van der Waals surface area contributed by atoms with Gasteiger partial charge in [0.25, 0.3) is 0 Å². The molecule has 0 radical (unpaired) electrons. The van der Waals surface area contributed by atoms with Crippen molar-refractivity contribution in [2.45, 2.75) is 19.4 Å². The van der Waals surface area contributed by atoms with E-state index in [-0.39, 0.29) is 17.6 Å². The molecule has 4 rings (SSSR count). The van der Waals surface area contributed by atoms with Crippen molar-refractivity contribution in [3.8, 4) is 0 Å². The van der Waals surface area contributed by atoms with Crippen LogP contribution in [0.1, 0.15) is 12.8 Å². The number of anilines is 1. The van der Waals surface area contributed by atoms with Crippen LogP contribution in [0.2, 0.25) is 0 Å². The molecule has 1 aliphatic carbocycles. The zero-order valence-electron chi connectivity index (χ0n) is 12.4. The van der Waals surface area contributed by atoms with Crippen LogP contribution in [0.25, 0.3) is 10.2 Å². The lowest BCUT2D eigenvalue weighted by Crippen LogP contribution is -2.35. The lowest BCUT2D eigenvalue weighted by Gasteiger charge is -2.19. The molecule has 1 aliphatic rings. The van der Waals surface area contributed by atoms with Gasteiger partial charge in [0, 0.05) is 24.9 Å². The monoisotopic (exact) mass is 330 g/mol. The van der Waals surface area contributed by atoms with Crippen molar-refractivity contribution < 1.29 is 9.18 Å². The van der Waals surface area contributed by atoms with Gasteiger partial charge in [0.05, 0.1) is 16.8 Å². The molecule has 23 heavy (non-hydrogen) atoms. The molecular formula is C16H15FN4OS. The molecule has 0 saturated heterocycles. The maximum Gasteiger partial charge on any atom is 0.231 e. The molecule has 1 amide bonds.